The smallest absolute Gasteiger partial charge is 0.262 e. The van der Waals surface area contributed by atoms with Gasteiger partial charge in [0, 0.05) is 23.6 Å². The van der Waals surface area contributed by atoms with Crippen LogP contribution in [0.5, 0.6) is 0 Å². The fourth-order valence-corrected chi connectivity index (χ4v) is 3.70. The highest BCUT2D eigenvalue weighted by Crippen LogP contribution is 2.22. The number of benzene rings is 1. The van der Waals surface area contributed by atoms with E-state index in [1.54, 1.807) is 54.7 Å². The first-order valence-electron chi connectivity index (χ1n) is 9.00. The summed E-state index contributed by atoms with van der Waals surface area (Å²) >= 11 is 7.04. The van der Waals surface area contributed by atoms with Gasteiger partial charge in [-0.15, -0.1) is 11.3 Å². The van der Waals surface area contributed by atoms with Crippen molar-refractivity contribution in [2.45, 2.75) is 19.9 Å². The minimum Gasteiger partial charge on any atom is -0.339 e. The average molecular weight is 430 g/mol. The Morgan fingerprint density at radius 3 is 2.34 bits per heavy atom. The quantitative estimate of drug-likeness (QED) is 0.622. The average Bonchev–Trinajstić information content (AvgIpc) is 3.13. The largest absolute Gasteiger partial charge is 0.339 e. The number of pyridine rings is 1. The number of anilines is 1. The van der Waals surface area contributed by atoms with Gasteiger partial charge in [-0.3, -0.25) is 19.0 Å². The maximum Gasteiger partial charge on any atom is 0.262 e. The van der Waals surface area contributed by atoms with Gasteiger partial charge in [-0.05, 0) is 48.4 Å². The molecule has 150 valence electrons. The molecule has 0 spiro atoms. The first-order chi connectivity index (χ1) is 13.8. The summed E-state index contributed by atoms with van der Waals surface area (Å²) in [6.07, 6.45) is 1.68. The van der Waals surface area contributed by atoms with Crippen LogP contribution < -0.4 is 16.2 Å². The molecule has 8 heteroatoms. The molecule has 6 nitrogen and oxygen atoms in total. The number of rotatable bonds is 6. The van der Waals surface area contributed by atoms with Gasteiger partial charge < -0.3 is 10.6 Å². The summed E-state index contributed by atoms with van der Waals surface area (Å²) in [6.45, 7) is 3.72. The molecule has 2 N–H and O–H groups in total. The number of hydrogen-bond donors (Lipinski definition) is 2. The third-order valence-corrected chi connectivity index (χ3v) is 5.50. The third kappa shape index (κ3) is 5.13. The number of aromatic nitrogens is 1. The van der Waals surface area contributed by atoms with E-state index >= 15 is 0 Å². The fourth-order valence-electron chi connectivity index (χ4n) is 2.75. The van der Waals surface area contributed by atoms with Crippen molar-refractivity contribution >= 4 is 40.4 Å². The van der Waals surface area contributed by atoms with Crippen molar-refractivity contribution in [3.05, 3.63) is 80.4 Å². The first kappa shape index (κ1) is 20.8. The Labute approximate surface area is 177 Å². The van der Waals surface area contributed by atoms with E-state index in [1.807, 2.05) is 13.8 Å². The SMILES string of the molecule is CC(C)C(NC(=O)c1ccc(Cl)s1)C(=O)Nc1ccc(-n2ccccc2=O)cc1. The van der Waals surface area contributed by atoms with E-state index in [0.29, 0.717) is 20.6 Å². The Hall–Kier alpha value is -2.90. The van der Waals surface area contributed by atoms with Crippen molar-refractivity contribution in [3.8, 4) is 5.69 Å². The molecule has 1 unspecified atom stereocenters. The van der Waals surface area contributed by atoms with Crippen LogP contribution >= 0.6 is 22.9 Å². The maximum absolute atomic E-state index is 12.7. The standard InChI is InChI=1S/C21H20ClN3O3S/c1-13(2)19(24-20(27)16-10-11-17(22)29-16)21(28)23-14-6-8-15(9-7-14)25-12-4-3-5-18(25)26/h3-13,19H,1-2H3,(H,23,28)(H,24,27). The van der Waals surface area contributed by atoms with Crippen molar-refractivity contribution in [3.63, 3.8) is 0 Å². The van der Waals surface area contributed by atoms with Gasteiger partial charge in [0.15, 0.2) is 0 Å². The molecule has 29 heavy (non-hydrogen) atoms. The molecule has 1 aromatic carbocycles. The van der Waals surface area contributed by atoms with Crippen molar-refractivity contribution < 1.29 is 9.59 Å². The molecule has 0 saturated heterocycles. The van der Waals surface area contributed by atoms with E-state index < -0.39 is 6.04 Å². The highest BCUT2D eigenvalue weighted by molar-refractivity contribution is 7.18. The summed E-state index contributed by atoms with van der Waals surface area (Å²) in [7, 11) is 0. The lowest BCUT2D eigenvalue weighted by atomic mass is 10.0. The van der Waals surface area contributed by atoms with Crippen LogP contribution in [-0.2, 0) is 4.79 Å². The summed E-state index contributed by atoms with van der Waals surface area (Å²) < 4.78 is 2.02. The van der Waals surface area contributed by atoms with Gasteiger partial charge in [-0.1, -0.05) is 31.5 Å². The van der Waals surface area contributed by atoms with Crippen molar-refractivity contribution in [2.24, 2.45) is 5.92 Å². The van der Waals surface area contributed by atoms with Gasteiger partial charge in [-0.25, -0.2) is 0 Å². The van der Waals surface area contributed by atoms with Crippen molar-refractivity contribution in [1.29, 1.82) is 0 Å². The summed E-state index contributed by atoms with van der Waals surface area (Å²) in [4.78, 5) is 37.5. The number of amides is 2. The second-order valence-electron chi connectivity index (χ2n) is 6.74. The molecule has 2 heterocycles. The summed E-state index contributed by atoms with van der Waals surface area (Å²) in [5, 5.41) is 5.58. The highest BCUT2D eigenvalue weighted by Gasteiger charge is 2.25. The van der Waals surface area contributed by atoms with Crippen LogP contribution in [0.2, 0.25) is 4.34 Å². The topological polar surface area (TPSA) is 80.2 Å². The van der Waals surface area contributed by atoms with E-state index in [2.05, 4.69) is 10.6 Å². The van der Waals surface area contributed by atoms with Gasteiger partial charge in [0.25, 0.3) is 11.5 Å². The summed E-state index contributed by atoms with van der Waals surface area (Å²) in [5.41, 5.74) is 1.12. The molecule has 1 atom stereocenters. The monoisotopic (exact) mass is 429 g/mol. The summed E-state index contributed by atoms with van der Waals surface area (Å²) in [5.74, 6) is -0.772. The first-order valence-corrected chi connectivity index (χ1v) is 10.2. The zero-order valence-electron chi connectivity index (χ0n) is 15.9. The normalized spacial score (nSPS) is 11.9. The second-order valence-corrected chi connectivity index (χ2v) is 8.46. The molecule has 0 aliphatic rings. The van der Waals surface area contributed by atoms with E-state index in [9.17, 15) is 14.4 Å². The van der Waals surface area contributed by atoms with Crippen LogP contribution in [0, 0.1) is 5.92 Å². The predicted octanol–water partition coefficient (Wildman–Crippen LogP) is 3.95. The number of nitrogens with zero attached hydrogens (tertiary/aromatic N) is 1. The van der Waals surface area contributed by atoms with E-state index in [-0.39, 0.29) is 23.3 Å². The van der Waals surface area contributed by atoms with E-state index in [0.717, 1.165) is 11.3 Å². The fraction of sp³-hybridized carbons (Fsp3) is 0.190. The second kappa shape index (κ2) is 9.07. The molecule has 2 aromatic heterocycles. The zero-order chi connectivity index (χ0) is 21.0. The molecular weight excluding hydrogens is 410 g/mol. The lowest BCUT2D eigenvalue weighted by Crippen LogP contribution is -2.46. The third-order valence-electron chi connectivity index (χ3n) is 4.27. The van der Waals surface area contributed by atoms with Gasteiger partial charge >= 0.3 is 0 Å². The lowest BCUT2D eigenvalue weighted by molar-refractivity contribution is -0.118. The molecule has 2 amide bonds. The number of carbonyl (C=O) groups excluding carboxylic acids is 2. The molecule has 0 radical (unpaired) electrons. The maximum atomic E-state index is 12.7. The number of thiophene rings is 1. The number of halogens is 1. The number of nitrogens with one attached hydrogen (secondary N) is 2. The van der Waals surface area contributed by atoms with Crippen LogP contribution in [0.25, 0.3) is 5.69 Å². The van der Waals surface area contributed by atoms with Gasteiger partial charge in [-0.2, -0.15) is 0 Å². The minimum absolute atomic E-state index is 0.114. The summed E-state index contributed by atoms with van der Waals surface area (Å²) in [6, 6.07) is 14.4. The Bertz CT molecular complexity index is 1070. The Morgan fingerprint density at radius 1 is 1.03 bits per heavy atom. The molecule has 0 aliphatic carbocycles. The highest BCUT2D eigenvalue weighted by atomic mass is 35.5. The molecule has 0 bridgehead atoms. The van der Waals surface area contributed by atoms with Gasteiger partial charge in [0.05, 0.1) is 9.21 Å². The van der Waals surface area contributed by atoms with Crippen LogP contribution in [0.15, 0.2) is 65.6 Å². The zero-order valence-corrected chi connectivity index (χ0v) is 17.5. The number of carbonyl (C=O) groups is 2. The molecule has 0 saturated carbocycles. The Morgan fingerprint density at radius 2 is 1.76 bits per heavy atom. The molecular formula is C21H20ClN3O3S. The van der Waals surface area contributed by atoms with E-state index in [1.165, 1.54) is 10.6 Å². The molecule has 0 fully saturated rings. The van der Waals surface area contributed by atoms with Crippen molar-refractivity contribution in [1.82, 2.24) is 9.88 Å². The van der Waals surface area contributed by atoms with E-state index in [4.69, 9.17) is 11.6 Å². The number of hydrogen-bond acceptors (Lipinski definition) is 4. The lowest BCUT2D eigenvalue weighted by Gasteiger charge is -2.21. The molecule has 0 aliphatic heterocycles. The Balaban J connectivity index is 1.70. The Kier molecular flexibility index (Phi) is 6.51. The van der Waals surface area contributed by atoms with Gasteiger partial charge in [0.1, 0.15) is 6.04 Å². The molecule has 3 aromatic rings. The van der Waals surface area contributed by atoms with Gasteiger partial charge in [0.2, 0.25) is 5.91 Å². The van der Waals surface area contributed by atoms with Crippen molar-refractivity contribution in [2.75, 3.05) is 5.32 Å². The predicted molar refractivity (Wildman–Crippen MR) is 116 cm³/mol. The molecule has 3 rings (SSSR count). The van der Waals surface area contributed by atoms with Crippen LogP contribution in [0.1, 0.15) is 23.5 Å². The minimum atomic E-state index is -0.709. The van der Waals surface area contributed by atoms with Crippen LogP contribution in [-0.4, -0.2) is 22.4 Å². The van der Waals surface area contributed by atoms with Crippen LogP contribution in [0.4, 0.5) is 5.69 Å². The van der Waals surface area contributed by atoms with Crippen LogP contribution in [0.3, 0.4) is 0 Å².